The third-order valence-electron chi connectivity index (χ3n) is 7.29. The number of carboxylic acids is 1. The molecule has 43 heavy (non-hydrogen) atoms. The third-order valence-corrected chi connectivity index (χ3v) is 8.79. The standard InChI is InChI=1S/C29H43BF2N3O7P/c1-19-14-21(3)34-25(19)17-26-20(2)15-23(35(26)30(34,31)32)11-12-24(36)16-22(18-41-43(7,40)42-29(4,5)6)28(39)33-13-9-8-10-27(37)38/h14-15,17,22H,8-13,16,18H2,1-7H3,(H,33,39)(H,37,38). The summed E-state index contributed by atoms with van der Waals surface area (Å²) < 4.78 is 57.7. The summed E-state index contributed by atoms with van der Waals surface area (Å²) in [6.07, 6.45) is 3.89. The second kappa shape index (κ2) is 13.4. The summed E-state index contributed by atoms with van der Waals surface area (Å²) in [6.45, 7) is 7.30. The maximum Gasteiger partial charge on any atom is 0.737 e. The minimum absolute atomic E-state index is 0.0319. The fraction of sp³-hybridized carbons (Fsp3) is 0.586. The number of carboxylic acid groups (broad SMARTS) is 1. The molecule has 0 spiro atoms. The summed E-state index contributed by atoms with van der Waals surface area (Å²) in [5, 5.41) is 11.5. The number of carbonyl (C=O) groups excluding carboxylic acids is 2. The smallest absolute Gasteiger partial charge is 0.481 e. The molecule has 2 N–H and O–H groups in total. The van der Waals surface area contributed by atoms with Crippen molar-refractivity contribution >= 4 is 44.0 Å². The van der Waals surface area contributed by atoms with Gasteiger partial charge in [0, 0.05) is 62.3 Å². The summed E-state index contributed by atoms with van der Waals surface area (Å²) in [7, 11) is -3.56. The van der Waals surface area contributed by atoms with Crippen molar-refractivity contribution in [1.82, 2.24) is 9.79 Å². The zero-order chi connectivity index (χ0) is 32.3. The molecule has 0 saturated heterocycles. The number of aromatic nitrogens is 1. The summed E-state index contributed by atoms with van der Waals surface area (Å²) in [6, 6.07) is 1.73. The molecule has 238 valence electrons. The number of carbonyl (C=O) groups is 3. The maximum atomic E-state index is 15.9. The van der Waals surface area contributed by atoms with Gasteiger partial charge in [0.2, 0.25) is 5.91 Å². The van der Waals surface area contributed by atoms with Crippen LogP contribution in [0.4, 0.5) is 8.63 Å². The normalized spacial score (nSPS) is 17.9. The van der Waals surface area contributed by atoms with Gasteiger partial charge in [0.15, 0.2) is 5.70 Å². The van der Waals surface area contributed by atoms with Crippen LogP contribution in [0.3, 0.4) is 0 Å². The van der Waals surface area contributed by atoms with Gasteiger partial charge in [-0.25, -0.2) is 0 Å². The molecule has 1 amide bonds. The summed E-state index contributed by atoms with van der Waals surface area (Å²) >= 11 is 0. The van der Waals surface area contributed by atoms with Crippen LogP contribution in [0.25, 0.3) is 6.08 Å². The molecule has 14 heteroatoms. The third kappa shape index (κ3) is 8.83. The Balaban J connectivity index is 1.72. The van der Waals surface area contributed by atoms with Crippen LogP contribution in [0, 0.1) is 19.8 Å². The van der Waals surface area contributed by atoms with E-state index in [9.17, 15) is 18.9 Å². The first-order valence-electron chi connectivity index (χ1n) is 14.5. The highest BCUT2D eigenvalue weighted by Crippen LogP contribution is 2.48. The van der Waals surface area contributed by atoms with Crippen molar-refractivity contribution in [2.24, 2.45) is 5.92 Å². The molecule has 3 heterocycles. The molecule has 0 saturated carbocycles. The van der Waals surface area contributed by atoms with E-state index < -0.39 is 38.0 Å². The highest BCUT2D eigenvalue weighted by atomic mass is 31.2. The number of amides is 1. The molecule has 1 aromatic rings. The van der Waals surface area contributed by atoms with Gasteiger partial charge in [-0.1, -0.05) is 0 Å². The minimum Gasteiger partial charge on any atom is -0.481 e. The van der Waals surface area contributed by atoms with Gasteiger partial charge in [0.25, 0.3) is 0 Å². The Morgan fingerprint density at radius 2 is 1.81 bits per heavy atom. The highest BCUT2D eigenvalue weighted by Gasteiger charge is 2.53. The average molecular weight is 625 g/mol. The van der Waals surface area contributed by atoms with E-state index in [1.54, 1.807) is 59.8 Å². The number of rotatable bonds is 15. The Bertz CT molecular complexity index is 1430. The van der Waals surface area contributed by atoms with Crippen molar-refractivity contribution in [1.29, 1.82) is 0 Å². The van der Waals surface area contributed by atoms with Crippen LogP contribution in [0.15, 0.2) is 23.4 Å². The molecular formula is C29H43BF2N3O7P. The van der Waals surface area contributed by atoms with Gasteiger partial charge in [0.05, 0.1) is 18.1 Å². The number of fused-ring (bicyclic) bond motifs is 2. The monoisotopic (exact) mass is 625 g/mol. The SMILES string of the molecule is CC1=CC(CCC(=O)CC(COP(C)(=O)OC(C)(C)C)C(=O)NCCCCC(=O)O)=[N+]2C1=Cc1c(C)cc(C)n1[B-]2(F)F. The van der Waals surface area contributed by atoms with Gasteiger partial charge in [-0.3, -0.25) is 18.9 Å². The van der Waals surface area contributed by atoms with Gasteiger partial charge in [-0.05, 0) is 71.7 Å². The molecular weight excluding hydrogens is 582 g/mol. The molecule has 0 fully saturated rings. The minimum atomic E-state index is -4.17. The molecule has 2 aliphatic rings. The van der Waals surface area contributed by atoms with Crippen molar-refractivity contribution < 1.29 is 46.2 Å². The highest BCUT2D eigenvalue weighted by molar-refractivity contribution is 7.53. The zero-order valence-corrected chi connectivity index (χ0v) is 26.9. The lowest BCUT2D eigenvalue weighted by Crippen LogP contribution is -2.50. The van der Waals surface area contributed by atoms with E-state index in [4.69, 9.17) is 14.2 Å². The maximum absolute atomic E-state index is 15.9. The molecule has 0 radical (unpaired) electrons. The quantitative estimate of drug-likeness (QED) is 0.150. The number of aryl methyl sites for hydroxylation is 2. The predicted octanol–water partition coefficient (Wildman–Crippen LogP) is 5.48. The van der Waals surface area contributed by atoms with Crippen LogP contribution in [0.2, 0.25) is 0 Å². The van der Waals surface area contributed by atoms with Crippen molar-refractivity contribution in [3.63, 3.8) is 0 Å². The first-order valence-corrected chi connectivity index (χ1v) is 16.5. The molecule has 10 nitrogen and oxygen atoms in total. The van der Waals surface area contributed by atoms with Crippen LogP contribution in [-0.4, -0.2) is 69.8 Å². The number of halogens is 2. The van der Waals surface area contributed by atoms with Crippen LogP contribution >= 0.6 is 7.60 Å². The molecule has 1 aromatic heterocycles. The largest absolute Gasteiger partial charge is 0.737 e. The number of hydrogen-bond acceptors (Lipinski definition) is 6. The molecule has 3 rings (SSSR count). The van der Waals surface area contributed by atoms with Crippen molar-refractivity contribution in [2.45, 2.75) is 85.7 Å². The average Bonchev–Trinajstić information content (AvgIpc) is 3.34. The van der Waals surface area contributed by atoms with Crippen LogP contribution < -0.4 is 5.32 Å². The van der Waals surface area contributed by atoms with Crippen molar-refractivity contribution in [3.8, 4) is 0 Å². The van der Waals surface area contributed by atoms with Gasteiger partial charge < -0.3 is 37.1 Å². The number of unbranched alkanes of at least 4 members (excludes halogenated alkanes) is 1. The molecule has 2 atom stereocenters. The van der Waals surface area contributed by atoms with Crippen LogP contribution in [0.5, 0.6) is 0 Å². The van der Waals surface area contributed by atoms with E-state index in [1.807, 2.05) is 0 Å². The predicted molar refractivity (Wildman–Crippen MR) is 161 cm³/mol. The molecule has 0 aromatic carbocycles. The van der Waals surface area contributed by atoms with Gasteiger partial charge in [-0.15, -0.1) is 0 Å². The first-order chi connectivity index (χ1) is 19.8. The Morgan fingerprint density at radius 1 is 1.14 bits per heavy atom. The van der Waals surface area contributed by atoms with Crippen LogP contribution in [-0.2, 0) is 28.0 Å². The van der Waals surface area contributed by atoms with E-state index in [1.165, 1.54) is 6.66 Å². The number of nitrogens with zero attached hydrogens (tertiary/aromatic N) is 2. The van der Waals surface area contributed by atoms with E-state index in [2.05, 4.69) is 5.32 Å². The summed E-state index contributed by atoms with van der Waals surface area (Å²) in [5.74, 6) is -2.78. The summed E-state index contributed by atoms with van der Waals surface area (Å²) in [4.78, 5) is 36.8. The lowest BCUT2D eigenvalue weighted by Gasteiger charge is -2.31. The zero-order valence-electron chi connectivity index (χ0n) is 26.0. The molecule has 2 aliphatic heterocycles. The summed E-state index contributed by atoms with van der Waals surface area (Å²) in [5.41, 5.74) is 2.33. The Labute approximate surface area is 251 Å². The second-order valence-electron chi connectivity index (χ2n) is 12.4. The van der Waals surface area contributed by atoms with E-state index >= 15 is 8.63 Å². The number of allylic oxidation sites excluding steroid dienone is 2. The van der Waals surface area contributed by atoms with E-state index in [0.29, 0.717) is 41.2 Å². The van der Waals surface area contributed by atoms with Crippen molar-refractivity contribution in [3.05, 3.63) is 40.4 Å². The number of nitrogens with one attached hydrogen (secondary N) is 1. The lowest BCUT2D eigenvalue weighted by molar-refractivity contribution is -0.363. The first kappa shape index (κ1) is 34.6. The van der Waals surface area contributed by atoms with Crippen molar-refractivity contribution in [2.75, 3.05) is 19.8 Å². The molecule has 0 aliphatic carbocycles. The van der Waals surface area contributed by atoms with Gasteiger partial charge in [0.1, 0.15) is 11.5 Å². The molecule has 0 bridgehead atoms. The van der Waals surface area contributed by atoms with E-state index in [0.717, 1.165) is 14.5 Å². The number of aliphatic carboxylic acids is 1. The Morgan fingerprint density at radius 3 is 2.44 bits per heavy atom. The number of hydrogen-bond donors (Lipinski definition) is 2. The topological polar surface area (TPSA) is 127 Å². The van der Waals surface area contributed by atoms with E-state index in [-0.39, 0.29) is 44.6 Å². The lowest BCUT2D eigenvalue weighted by atomic mass is 9.89. The molecule has 2 unspecified atom stereocenters. The van der Waals surface area contributed by atoms with Gasteiger partial charge in [-0.2, -0.15) is 0 Å². The van der Waals surface area contributed by atoms with Gasteiger partial charge >= 0.3 is 20.5 Å². The Kier molecular flexibility index (Phi) is 10.8. The number of Topliss-reactive ketones (excluding diaryl/α,β-unsaturated/α-hetero) is 1. The Hall–Kier alpha value is -2.89. The fourth-order valence-corrected chi connectivity index (χ4v) is 7.03. The van der Waals surface area contributed by atoms with Crippen LogP contribution in [0.1, 0.15) is 83.2 Å². The number of ketones is 1. The second-order valence-corrected chi connectivity index (χ2v) is 14.4. The fourth-order valence-electron chi connectivity index (χ4n) is 5.54.